The first kappa shape index (κ1) is 21.2. The second-order valence-electron chi connectivity index (χ2n) is 9.88. The molecule has 0 bridgehead atoms. The molecule has 5 rings (SSSR count). The molecule has 32 heavy (non-hydrogen) atoms. The summed E-state index contributed by atoms with van der Waals surface area (Å²) >= 11 is 0. The van der Waals surface area contributed by atoms with Gasteiger partial charge in [0.25, 0.3) is 0 Å². The summed E-state index contributed by atoms with van der Waals surface area (Å²) in [6, 6.07) is 10.8. The summed E-state index contributed by atoms with van der Waals surface area (Å²) in [6.45, 7) is 2.71. The van der Waals surface area contributed by atoms with Crippen molar-refractivity contribution in [3.8, 4) is 0 Å². The van der Waals surface area contributed by atoms with Crippen molar-refractivity contribution in [3.05, 3.63) is 48.3 Å². The Kier molecular flexibility index (Phi) is 5.53. The zero-order valence-corrected chi connectivity index (χ0v) is 19.3. The summed E-state index contributed by atoms with van der Waals surface area (Å²) in [5, 5.41) is 3.33. The van der Waals surface area contributed by atoms with Gasteiger partial charge in [-0.05, 0) is 64.6 Å². The van der Waals surface area contributed by atoms with E-state index in [2.05, 4.69) is 69.5 Å². The van der Waals surface area contributed by atoms with Gasteiger partial charge in [0.1, 0.15) is 0 Å². The van der Waals surface area contributed by atoms with Crippen molar-refractivity contribution in [2.75, 3.05) is 43.5 Å². The third-order valence-electron chi connectivity index (χ3n) is 7.85. The fourth-order valence-corrected chi connectivity index (χ4v) is 5.80. The molecule has 2 amide bonds. The lowest BCUT2D eigenvalue weighted by Crippen LogP contribution is -2.54. The molecule has 3 aliphatic rings. The summed E-state index contributed by atoms with van der Waals surface area (Å²) in [5.41, 5.74) is 1.98. The number of nitrogens with one attached hydrogen (secondary N) is 1. The maximum atomic E-state index is 12.9. The third kappa shape index (κ3) is 3.72. The number of amides is 2. The molecule has 1 aromatic heterocycles. The molecule has 3 heterocycles. The highest BCUT2D eigenvalue weighted by molar-refractivity contribution is 5.95. The normalized spacial score (nSPS) is 28.4. The van der Waals surface area contributed by atoms with Crippen molar-refractivity contribution in [1.29, 1.82) is 0 Å². The van der Waals surface area contributed by atoms with E-state index in [1.54, 1.807) is 0 Å². The van der Waals surface area contributed by atoms with Gasteiger partial charge in [-0.1, -0.05) is 30.3 Å². The Labute approximate surface area is 190 Å². The molecule has 0 radical (unpaired) electrons. The van der Waals surface area contributed by atoms with Crippen LogP contribution < -0.4 is 15.1 Å². The van der Waals surface area contributed by atoms with Gasteiger partial charge in [0.05, 0.1) is 30.2 Å². The van der Waals surface area contributed by atoms with Crippen molar-refractivity contribution >= 4 is 17.7 Å². The number of urea groups is 1. The van der Waals surface area contributed by atoms with Gasteiger partial charge in [0.2, 0.25) is 5.95 Å². The zero-order chi connectivity index (χ0) is 22.2. The highest BCUT2D eigenvalue weighted by atomic mass is 16.2. The smallest absolute Gasteiger partial charge is 0.322 e. The van der Waals surface area contributed by atoms with E-state index in [1.807, 2.05) is 17.3 Å². The van der Waals surface area contributed by atoms with Gasteiger partial charge < -0.3 is 10.2 Å². The van der Waals surface area contributed by atoms with Crippen LogP contribution in [0.5, 0.6) is 0 Å². The summed E-state index contributed by atoms with van der Waals surface area (Å²) < 4.78 is 0. The van der Waals surface area contributed by atoms with E-state index < -0.39 is 0 Å². The number of nitrogens with zero attached hydrogens (tertiary/aromatic N) is 5. The van der Waals surface area contributed by atoms with E-state index in [9.17, 15) is 4.79 Å². The first-order chi connectivity index (χ1) is 15.5. The summed E-state index contributed by atoms with van der Waals surface area (Å²) in [5.74, 6) is 0.777. The van der Waals surface area contributed by atoms with E-state index in [0.29, 0.717) is 6.54 Å². The fourth-order valence-electron chi connectivity index (χ4n) is 5.80. The maximum absolute atomic E-state index is 12.9. The molecule has 1 saturated carbocycles. The highest BCUT2D eigenvalue weighted by Crippen LogP contribution is 2.46. The predicted octanol–water partition coefficient (Wildman–Crippen LogP) is 3.77. The second kappa shape index (κ2) is 8.35. The Bertz CT molecular complexity index is 931. The van der Waals surface area contributed by atoms with Crippen molar-refractivity contribution < 1.29 is 4.79 Å². The van der Waals surface area contributed by atoms with Crippen molar-refractivity contribution in [2.24, 2.45) is 0 Å². The molecular weight excluding hydrogens is 400 g/mol. The van der Waals surface area contributed by atoms with Crippen LogP contribution in [0.1, 0.15) is 50.5 Å². The molecule has 0 unspecified atom stereocenters. The molecule has 170 valence electrons. The van der Waals surface area contributed by atoms with Crippen LogP contribution in [0.15, 0.2) is 42.7 Å². The minimum atomic E-state index is -0.184. The van der Waals surface area contributed by atoms with Gasteiger partial charge >= 0.3 is 6.03 Å². The van der Waals surface area contributed by atoms with E-state index in [-0.39, 0.29) is 17.1 Å². The van der Waals surface area contributed by atoms with Gasteiger partial charge in [0.15, 0.2) is 0 Å². The van der Waals surface area contributed by atoms with Gasteiger partial charge in [0, 0.05) is 18.6 Å². The average Bonchev–Trinajstić information content (AvgIpc) is 3.16. The minimum Gasteiger partial charge on any atom is -0.341 e. The van der Waals surface area contributed by atoms with Crippen LogP contribution in [-0.2, 0) is 5.54 Å². The van der Waals surface area contributed by atoms with Crippen LogP contribution in [0, 0.1) is 0 Å². The number of rotatable bonds is 4. The number of carbonyl (C=O) groups is 1. The summed E-state index contributed by atoms with van der Waals surface area (Å²) in [6.07, 6.45) is 11.2. The van der Waals surface area contributed by atoms with Crippen LogP contribution >= 0.6 is 0 Å². The number of aromatic nitrogens is 2. The first-order valence-corrected chi connectivity index (χ1v) is 11.9. The van der Waals surface area contributed by atoms with E-state index in [1.165, 1.54) is 24.8 Å². The Morgan fingerprint density at radius 3 is 2.22 bits per heavy atom. The zero-order valence-electron chi connectivity index (χ0n) is 19.3. The van der Waals surface area contributed by atoms with Gasteiger partial charge in [-0.2, -0.15) is 0 Å². The predicted molar refractivity (Wildman–Crippen MR) is 127 cm³/mol. The highest BCUT2D eigenvalue weighted by Gasteiger charge is 2.50. The largest absolute Gasteiger partial charge is 0.341 e. The minimum absolute atomic E-state index is 0.0177. The summed E-state index contributed by atoms with van der Waals surface area (Å²) in [7, 11) is 4.34. The molecule has 1 N–H and O–H groups in total. The Hall–Kier alpha value is -2.67. The van der Waals surface area contributed by atoms with Crippen molar-refractivity contribution in [1.82, 2.24) is 20.2 Å². The SMILES string of the molecule is CN(C)[C@]1(c2ccccc2)CC[C@@]2(CC1)CN(c1cnc(N3CCCCC3)nc1)C(=O)N2. The molecule has 1 spiro atoms. The number of anilines is 2. The number of carbonyl (C=O) groups excluding carboxylic acids is 1. The molecule has 1 aromatic carbocycles. The topological polar surface area (TPSA) is 64.6 Å². The lowest BCUT2D eigenvalue weighted by atomic mass is 9.69. The number of piperidine rings is 1. The van der Waals surface area contributed by atoms with E-state index >= 15 is 0 Å². The van der Waals surface area contributed by atoms with Crippen LogP contribution in [0.3, 0.4) is 0 Å². The molecular formula is C25H34N6O. The molecule has 0 atom stereocenters. The first-order valence-electron chi connectivity index (χ1n) is 11.9. The number of hydrogen-bond acceptors (Lipinski definition) is 5. The quantitative estimate of drug-likeness (QED) is 0.794. The molecule has 1 aliphatic carbocycles. The Morgan fingerprint density at radius 1 is 0.938 bits per heavy atom. The molecule has 7 heteroatoms. The average molecular weight is 435 g/mol. The monoisotopic (exact) mass is 434 g/mol. The van der Waals surface area contributed by atoms with Crippen LogP contribution in [-0.4, -0.2) is 60.2 Å². The van der Waals surface area contributed by atoms with Crippen molar-refractivity contribution in [2.45, 2.75) is 56.0 Å². The number of benzene rings is 1. The molecule has 2 saturated heterocycles. The fraction of sp³-hybridized carbons (Fsp3) is 0.560. The number of hydrogen-bond donors (Lipinski definition) is 1. The van der Waals surface area contributed by atoms with Crippen LogP contribution in [0.4, 0.5) is 16.4 Å². The van der Waals surface area contributed by atoms with Gasteiger partial charge in [-0.3, -0.25) is 9.80 Å². The standard InChI is InChI=1S/C25H34N6O/c1-29(2)25(20-9-5-3-6-10-20)13-11-24(12-14-25)19-31(23(32)28-24)21-17-26-22(27-18-21)30-15-7-4-8-16-30/h3,5-6,9-10,17-18H,4,7-8,11-16,19H2,1-2H3,(H,28,32)/t24-,25-. The Morgan fingerprint density at radius 2 is 1.59 bits per heavy atom. The van der Waals surface area contributed by atoms with Crippen LogP contribution in [0.2, 0.25) is 0 Å². The third-order valence-corrected chi connectivity index (χ3v) is 7.85. The molecule has 2 aromatic rings. The van der Waals surface area contributed by atoms with Crippen molar-refractivity contribution in [3.63, 3.8) is 0 Å². The van der Waals surface area contributed by atoms with Crippen LogP contribution in [0.25, 0.3) is 0 Å². The lowest BCUT2D eigenvalue weighted by molar-refractivity contribution is 0.0658. The molecule has 2 aliphatic heterocycles. The second-order valence-corrected chi connectivity index (χ2v) is 9.88. The molecule has 3 fully saturated rings. The van der Waals surface area contributed by atoms with E-state index in [0.717, 1.165) is 50.4 Å². The van der Waals surface area contributed by atoms with Gasteiger partial charge in [-0.15, -0.1) is 0 Å². The Balaban J connectivity index is 1.30. The maximum Gasteiger partial charge on any atom is 0.322 e. The summed E-state index contributed by atoms with van der Waals surface area (Å²) in [4.78, 5) is 28.5. The molecule has 7 nitrogen and oxygen atoms in total. The van der Waals surface area contributed by atoms with Gasteiger partial charge in [-0.25, -0.2) is 14.8 Å². The van der Waals surface area contributed by atoms with E-state index in [4.69, 9.17) is 0 Å². The lowest BCUT2D eigenvalue weighted by Gasteiger charge is -2.48.